The van der Waals surface area contributed by atoms with E-state index in [0.29, 0.717) is 22.1 Å². The van der Waals surface area contributed by atoms with Gasteiger partial charge in [-0.05, 0) is 37.8 Å². The minimum Gasteiger partial charge on any atom is -0.481 e. The number of allylic oxidation sites excluding steroid dienone is 1. The van der Waals surface area contributed by atoms with Gasteiger partial charge in [-0.25, -0.2) is 4.98 Å². The molecule has 7 heteroatoms. The van der Waals surface area contributed by atoms with Crippen LogP contribution in [-0.4, -0.2) is 22.0 Å². The molecule has 0 aliphatic heterocycles. The lowest BCUT2D eigenvalue weighted by molar-refractivity contribution is -0.141. The molecule has 5 nitrogen and oxygen atoms in total. The number of nitrogens with zero attached hydrogens (tertiary/aromatic N) is 1. The number of aliphatic carboxylic acids is 1. The molecule has 1 unspecified atom stereocenters. The Bertz CT molecular complexity index is 858. The number of hydrogen-bond acceptors (Lipinski definition) is 4. The average molecular weight is 391 g/mol. The summed E-state index contributed by atoms with van der Waals surface area (Å²) in [6, 6.07) is 7.40. The van der Waals surface area contributed by atoms with Crippen molar-refractivity contribution in [3.05, 3.63) is 45.8 Å². The Morgan fingerprint density at radius 1 is 1.35 bits per heavy atom. The van der Waals surface area contributed by atoms with E-state index in [1.807, 2.05) is 19.1 Å². The van der Waals surface area contributed by atoms with Gasteiger partial charge in [0.25, 0.3) is 5.91 Å². The van der Waals surface area contributed by atoms with Crippen LogP contribution in [0.5, 0.6) is 0 Å². The van der Waals surface area contributed by atoms with Gasteiger partial charge in [0.2, 0.25) is 0 Å². The van der Waals surface area contributed by atoms with E-state index in [9.17, 15) is 14.7 Å². The summed E-state index contributed by atoms with van der Waals surface area (Å²) in [7, 11) is 0. The van der Waals surface area contributed by atoms with Crippen molar-refractivity contribution >= 4 is 39.9 Å². The number of aryl methyl sites for hydroxylation is 1. The van der Waals surface area contributed by atoms with E-state index in [1.165, 1.54) is 11.3 Å². The predicted octanol–water partition coefficient (Wildman–Crippen LogP) is 4.78. The zero-order valence-corrected chi connectivity index (χ0v) is 15.9. The summed E-state index contributed by atoms with van der Waals surface area (Å²) in [4.78, 5) is 29.6. The first kappa shape index (κ1) is 18.6. The van der Waals surface area contributed by atoms with Crippen LogP contribution in [0.1, 0.15) is 31.1 Å². The van der Waals surface area contributed by atoms with Gasteiger partial charge in [-0.2, -0.15) is 0 Å². The highest BCUT2D eigenvalue weighted by atomic mass is 35.5. The van der Waals surface area contributed by atoms with Crippen LogP contribution in [0.4, 0.5) is 5.13 Å². The van der Waals surface area contributed by atoms with Crippen LogP contribution >= 0.6 is 22.9 Å². The van der Waals surface area contributed by atoms with E-state index in [1.54, 1.807) is 18.2 Å². The lowest BCUT2D eigenvalue weighted by atomic mass is 9.87. The summed E-state index contributed by atoms with van der Waals surface area (Å²) in [5.41, 5.74) is 2.07. The molecule has 1 aromatic heterocycles. The van der Waals surface area contributed by atoms with Crippen molar-refractivity contribution in [2.45, 2.75) is 32.6 Å². The van der Waals surface area contributed by atoms with Gasteiger partial charge in [0, 0.05) is 21.0 Å². The number of amides is 1. The Kier molecular flexibility index (Phi) is 5.74. The van der Waals surface area contributed by atoms with Crippen molar-refractivity contribution in [3.63, 3.8) is 0 Å². The van der Waals surface area contributed by atoms with Gasteiger partial charge >= 0.3 is 5.97 Å². The Hall–Kier alpha value is -2.18. The molecule has 2 aromatic rings. The maximum absolute atomic E-state index is 12.6. The molecule has 1 atom stereocenters. The van der Waals surface area contributed by atoms with Gasteiger partial charge in [0.15, 0.2) is 5.13 Å². The minimum atomic E-state index is -0.957. The molecule has 1 aliphatic carbocycles. The number of aromatic nitrogens is 1. The number of carboxylic acids is 1. The number of carbonyl (C=O) groups excluding carboxylic acids is 1. The lowest BCUT2D eigenvalue weighted by Gasteiger charge is -2.19. The fourth-order valence-corrected chi connectivity index (χ4v) is 4.08. The Morgan fingerprint density at radius 2 is 2.08 bits per heavy atom. The molecule has 0 saturated heterocycles. The molecular formula is C19H19ClN2O3S. The van der Waals surface area contributed by atoms with Crippen molar-refractivity contribution in [1.82, 2.24) is 4.98 Å². The van der Waals surface area contributed by atoms with Crippen molar-refractivity contribution in [1.29, 1.82) is 0 Å². The third-order valence-corrected chi connectivity index (χ3v) is 5.72. The highest BCUT2D eigenvalue weighted by Crippen LogP contribution is 2.33. The van der Waals surface area contributed by atoms with E-state index in [2.05, 4.69) is 10.3 Å². The Balaban J connectivity index is 1.84. The van der Waals surface area contributed by atoms with Crippen LogP contribution in [0.15, 0.2) is 35.9 Å². The monoisotopic (exact) mass is 390 g/mol. The summed E-state index contributed by atoms with van der Waals surface area (Å²) in [6.45, 7) is 2.03. The van der Waals surface area contributed by atoms with Gasteiger partial charge in [0.05, 0.1) is 11.6 Å². The predicted molar refractivity (Wildman–Crippen MR) is 104 cm³/mol. The van der Waals surface area contributed by atoms with Gasteiger partial charge in [-0.15, -0.1) is 11.3 Å². The minimum absolute atomic E-state index is 0.324. The highest BCUT2D eigenvalue weighted by Gasteiger charge is 2.29. The molecule has 0 fully saturated rings. The van der Waals surface area contributed by atoms with E-state index in [4.69, 9.17) is 11.6 Å². The van der Waals surface area contributed by atoms with E-state index in [-0.39, 0.29) is 5.91 Å². The lowest BCUT2D eigenvalue weighted by Crippen LogP contribution is -2.27. The van der Waals surface area contributed by atoms with Crippen molar-refractivity contribution < 1.29 is 14.7 Å². The number of halogens is 1. The standard InChI is InChI=1S/C19H19ClN2O3S/c1-2-15-16(11-7-9-12(20)10-8-11)21-19(26-15)22-17(23)13-5-3-4-6-14(13)18(24)25/h5,7-10,14H,2-4,6H2,1H3,(H,24,25)(H,21,22,23). The SMILES string of the molecule is CCc1sc(NC(=O)C2=CCCCC2C(=O)O)nc1-c1ccc(Cl)cc1. The number of carboxylic acid groups (broad SMARTS) is 1. The maximum Gasteiger partial charge on any atom is 0.311 e. The molecule has 0 radical (unpaired) electrons. The molecule has 3 rings (SSSR count). The third-order valence-electron chi connectivity index (χ3n) is 4.35. The highest BCUT2D eigenvalue weighted by molar-refractivity contribution is 7.16. The van der Waals surface area contributed by atoms with Crippen LogP contribution in [0, 0.1) is 5.92 Å². The second kappa shape index (κ2) is 8.01. The van der Waals surface area contributed by atoms with Gasteiger partial charge in [-0.1, -0.05) is 36.7 Å². The average Bonchev–Trinajstić information content (AvgIpc) is 3.05. The number of benzene rings is 1. The first-order valence-electron chi connectivity index (χ1n) is 8.49. The summed E-state index contributed by atoms with van der Waals surface area (Å²) in [6.07, 6.45) is 4.51. The zero-order chi connectivity index (χ0) is 18.7. The summed E-state index contributed by atoms with van der Waals surface area (Å²) < 4.78 is 0. The van der Waals surface area contributed by atoms with E-state index < -0.39 is 11.9 Å². The molecular weight excluding hydrogens is 372 g/mol. The molecule has 0 spiro atoms. The van der Waals surface area contributed by atoms with Crippen LogP contribution in [0.3, 0.4) is 0 Å². The molecule has 0 bridgehead atoms. The molecule has 26 heavy (non-hydrogen) atoms. The van der Waals surface area contributed by atoms with Crippen LogP contribution in [0.2, 0.25) is 5.02 Å². The largest absolute Gasteiger partial charge is 0.481 e. The van der Waals surface area contributed by atoms with Gasteiger partial charge < -0.3 is 5.11 Å². The molecule has 0 saturated carbocycles. The topological polar surface area (TPSA) is 79.3 Å². The molecule has 136 valence electrons. The normalized spacial score (nSPS) is 16.8. The molecule has 2 N–H and O–H groups in total. The Labute approximate surface area is 160 Å². The molecule has 1 aromatic carbocycles. The number of carbonyl (C=O) groups is 2. The maximum atomic E-state index is 12.6. The van der Waals surface area contributed by atoms with E-state index in [0.717, 1.165) is 35.4 Å². The van der Waals surface area contributed by atoms with Gasteiger partial charge in [0.1, 0.15) is 0 Å². The fourth-order valence-electron chi connectivity index (χ4n) is 3.03. The van der Waals surface area contributed by atoms with Crippen molar-refractivity contribution in [3.8, 4) is 11.3 Å². The van der Waals surface area contributed by atoms with Crippen molar-refractivity contribution in [2.75, 3.05) is 5.32 Å². The molecule has 1 aliphatic rings. The van der Waals surface area contributed by atoms with Crippen LogP contribution in [0.25, 0.3) is 11.3 Å². The quantitative estimate of drug-likeness (QED) is 0.770. The number of anilines is 1. The summed E-state index contributed by atoms with van der Waals surface area (Å²) in [5, 5.41) is 13.3. The molecule has 1 amide bonds. The van der Waals surface area contributed by atoms with Gasteiger partial charge in [-0.3, -0.25) is 14.9 Å². The number of nitrogens with one attached hydrogen (secondary N) is 1. The number of hydrogen-bond donors (Lipinski definition) is 2. The van der Waals surface area contributed by atoms with Crippen molar-refractivity contribution in [2.24, 2.45) is 5.92 Å². The smallest absolute Gasteiger partial charge is 0.311 e. The number of rotatable bonds is 5. The first-order valence-corrected chi connectivity index (χ1v) is 9.69. The van der Waals surface area contributed by atoms with Crippen LogP contribution in [-0.2, 0) is 16.0 Å². The summed E-state index contributed by atoms with van der Waals surface area (Å²) in [5.74, 6) is -2.08. The second-order valence-electron chi connectivity index (χ2n) is 6.09. The Morgan fingerprint density at radius 3 is 2.73 bits per heavy atom. The molecule has 1 heterocycles. The zero-order valence-electron chi connectivity index (χ0n) is 14.3. The second-order valence-corrected chi connectivity index (χ2v) is 7.61. The number of thiazole rings is 1. The fraction of sp³-hybridized carbons (Fsp3) is 0.316. The van der Waals surface area contributed by atoms with Crippen LogP contribution < -0.4 is 5.32 Å². The third kappa shape index (κ3) is 3.97. The first-order chi connectivity index (χ1) is 12.5. The van der Waals surface area contributed by atoms with E-state index >= 15 is 0 Å². The summed E-state index contributed by atoms with van der Waals surface area (Å²) >= 11 is 7.35.